The number of hydrogen-bond donors (Lipinski definition) is 0. The Morgan fingerprint density at radius 2 is 1.13 bits per heavy atom. The number of benzene rings is 6. The van der Waals surface area contributed by atoms with Crippen LogP contribution in [0.3, 0.4) is 0 Å². The van der Waals surface area contributed by atoms with Gasteiger partial charge in [-0.3, -0.25) is 4.57 Å². The SMILES string of the molecule is CC(C)c1cc(-c2ccccc2)cc(C(C)C)c1-n1c(-c2ccc3c(c2)c2c(c4ccccc43)CCCC2)nc2ccccc21. The molecule has 0 spiro atoms. The molecule has 1 heterocycles. The van der Waals surface area contributed by atoms with Gasteiger partial charge in [0.2, 0.25) is 0 Å². The van der Waals surface area contributed by atoms with Gasteiger partial charge in [0, 0.05) is 5.56 Å². The van der Waals surface area contributed by atoms with Crippen molar-refractivity contribution >= 4 is 32.6 Å². The van der Waals surface area contributed by atoms with Crippen molar-refractivity contribution in [2.24, 2.45) is 0 Å². The monoisotopic (exact) mass is 584 g/mol. The van der Waals surface area contributed by atoms with Crippen LogP contribution in [-0.4, -0.2) is 9.55 Å². The second kappa shape index (κ2) is 11.0. The Morgan fingerprint density at radius 1 is 0.533 bits per heavy atom. The minimum Gasteiger partial charge on any atom is -0.292 e. The van der Waals surface area contributed by atoms with E-state index in [4.69, 9.17) is 4.98 Å². The van der Waals surface area contributed by atoms with Gasteiger partial charge in [-0.25, -0.2) is 4.98 Å². The molecule has 7 aromatic rings. The van der Waals surface area contributed by atoms with Crippen LogP contribution in [0.25, 0.3) is 60.8 Å². The molecule has 1 aliphatic rings. The molecule has 1 aromatic heterocycles. The average molecular weight is 585 g/mol. The van der Waals surface area contributed by atoms with Crippen LogP contribution < -0.4 is 0 Å². The minimum absolute atomic E-state index is 0.338. The van der Waals surface area contributed by atoms with Crippen LogP contribution in [0.15, 0.2) is 109 Å². The molecule has 0 fully saturated rings. The molecule has 0 amide bonds. The van der Waals surface area contributed by atoms with Gasteiger partial charge in [0.15, 0.2) is 0 Å². The molecule has 0 atom stereocenters. The fourth-order valence-corrected chi connectivity index (χ4v) is 7.71. The van der Waals surface area contributed by atoms with Gasteiger partial charge in [0.05, 0.1) is 16.7 Å². The molecule has 0 saturated heterocycles. The quantitative estimate of drug-likeness (QED) is 0.184. The number of aromatic nitrogens is 2. The fraction of sp³-hybridized carbons (Fsp3) is 0.233. The van der Waals surface area contributed by atoms with Crippen molar-refractivity contribution in [3.05, 3.63) is 131 Å². The van der Waals surface area contributed by atoms with Crippen LogP contribution in [0.5, 0.6) is 0 Å². The fourth-order valence-electron chi connectivity index (χ4n) is 7.71. The molecular formula is C43H40N2. The van der Waals surface area contributed by atoms with E-state index in [1.165, 1.54) is 73.5 Å². The summed E-state index contributed by atoms with van der Waals surface area (Å²) in [5.74, 6) is 1.70. The molecule has 0 N–H and O–H groups in total. The number of hydrogen-bond acceptors (Lipinski definition) is 1. The third-order valence-corrected chi connectivity index (χ3v) is 9.92. The Kier molecular flexibility index (Phi) is 6.82. The van der Waals surface area contributed by atoms with E-state index in [2.05, 4.69) is 141 Å². The molecule has 2 nitrogen and oxygen atoms in total. The highest BCUT2D eigenvalue weighted by atomic mass is 15.1. The maximum absolute atomic E-state index is 5.38. The molecule has 0 radical (unpaired) electrons. The summed E-state index contributed by atoms with van der Waals surface area (Å²) in [6.07, 6.45) is 4.84. The molecule has 0 saturated carbocycles. The van der Waals surface area contributed by atoms with Crippen molar-refractivity contribution in [1.82, 2.24) is 9.55 Å². The average Bonchev–Trinajstić information content (AvgIpc) is 3.47. The van der Waals surface area contributed by atoms with Crippen molar-refractivity contribution < 1.29 is 0 Å². The molecule has 0 bridgehead atoms. The van der Waals surface area contributed by atoms with Gasteiger partial charge in [-0.1, -0.05) is 107 Å². The van der Waals surface area contributed by atoms with E-state index in [9.17, 15) is 0 Å². The van der Waals surface area contributed by atoms with E-state index in [0.29, 0.717) is 11.8 Å². The minimum atomic E-state index is 0.338. The summed E-state index contributed by atoms with van der Waals surface area (Å²) >= 11 is 0. The Morgan fingerprint density at radius 3 is 1.84 bits per heavy atom. The predicted octanol–water partition coefficient (Wildman–Crippen LogP) is 11.8. The number of imidazole rings is 1. The first-order valence-corrected chi connectivity index (χ1v) is 16.7. The summed E-state index contributed by atoms with van der Waals surface area (Å²) in [6.45, 7) is 9.29. The largest absolute Gasteiger partial charge is 0.292 e. The smallest absolute Gasteiger partial charge is 0.145 e. The lowest BCUT2D eigenvalue weighted by molar-refractivity contribution is 0.694. The van der Waals surface area contributed by atoms with Crippen LogP contribution in [0, 0.1) is 0 Å². The van der Waals surface area contributed by atoms with E-state index in [1.807, 2.05) is 0 Å². The van der Waals surface area contributed by atoms with Gasteiger partial charge in [-0.05, 0) is 123 Å². The highest BCUT2D eigenvalue weighted by Gasteiger charge is 2.24. The van der Waals surface area contributed by atoms with Crippen molar-refractivity contribution in [3.63, 3.8) is 0 Å². The number of aryl methyl sites for hydroxylation is 2. The molecule has 2 heteroatoms. The van der Waals surface area contributed by atoms with E-state index < -0.39 is 0 Å². The summed E-state index contributed by atoms with van der Waals surface area (Å²) < 4.78 is 2.48. The van der Waals surface area contributed by atoms with Crippen molar-refractivity contribution in [2.75, 3.05) is 0 Å². The third kappa shape index (κ3) is 4.58. The zero-order valence-electron chi connectivity index (χ0n) is 26.8. The normalized spacial score (nSPS) is 13.4. The zero-order valence-corrected chi connectivity index (χ0v) is 26.8. The Bertz CT molecular complexity index is 2190. The summed E-state index contributed by atoms with van der Waals surface area (Å²) in [4.78, 5) is 5.38. The number of para-hydroxylation sites is 2. The van der Waals surface area contributed by atoms with Gasteiger partial charge >= 0.3 is 0 Å². The molecule has 222 valence electrons. The highest BCUT2D eigenvalue weighted by Crippen LogP contribution is 2.42. The van der Waals surface area contributed by atoms with Gasteiger partial charge in [0.1, 0.15) is 5.82 Å². The van der Waals surface area contributed by atoms with Gasteiger partial charge in [-0.2, -0.15) is 0 Å². The lowest BCUT2D eigenvalue weighted by Gasteiger charge is -2.25. The molecule has 1 aliphatic carbocycles. The molecular weight excluding hydrogens is 544 g/mol. The van der Waals surface area contributed by atoms with Crippen LogP contribution >= 0.6 is 0 Å². The molecule has 6 aromatic carbocycles. The maximum atomic E-state index is 5.38. The first-order chi connectivity index (χ1) is 22.0. The maximum Gasteiger partial charge on any atom is 0.145 e. The van der Waals surface area contributed by atoms with Gasteiger partial charge in [0.25, 0.3) is 0 Å². The second-order valence-electron chi connectivity index (χ2n) is 13.4. The predicted molar refractivity (Wildman–Crippen MR) is 192 cm³/mol. The molecule has 45 heavy (non-hydrogen) atoms. The van der Waals surface area contributed by atoms with Crippen molar-refractivity contribution in [2.45, 2.75) is 65.2 Å². The summed E-state index contributed by atoms with van der Waals surface area (Å²) in [7, 11) is 0. The lowest BCUT2D eigenvalue weighted by atomic mass is 9.83. The first kappa shape index (κ1) is 27.8. The second-order valence-corrected chi connectivity index (χ2v) is 13.4. The third-order valence-electron chi connectivity index (χ3n) is 9.92. The molecule has 0 unspecified atom stereocenters. The summed E-state index contributed by atoms with van der Waals surface area (Å²) in [5, 5.41) is 5.55. The summed E-state index contributed by atoms with van der Waals surface area (Å²) in [5.41, 5.74) is 13.0. The van der Waals surface area contributed by atoms with Gasteiger partial charge in [-0.15, -0.1) is 0 Å². The van der Waals surface area contributed by atoms with Crippen LogP contribution in [-0.2, 0) is 12.8 Å². The Balaban J connectivity index is 1.44. The molecule has 0 aliphatic heterocycles. The highest BCUT2D eigenvalue weighted by molar-refractivity contribution is 6.11. The Labute approximate surface area is 266 Å². The topological polar surface area (TPSA) is 17.8 Å². The standard InChI is InChI=1S/C43H40N2/c1-27(2)37-25-31(29-14-6-5-7-15-29)26-38(28(3)4)42(37)45-41-21-13-12-20-40(41)44-43(45)30-22-23-36-34-18-9-8-16-32(34)33-17-10-11-19-35(33)39(36)24-30/h5-9,12-16,18,20-28H,10-11,17,19H2,1-4H3. The summed E-state index contributed by atoms with van der Waals surface area (Å²) in [6, 6.07) is 40.4. The number of rotatable bonds is 5. The van der Waals surface area contributed by atoms with E-state index in [1.54, 1.807) is 5.56 Å². The van der Waals surface area contributed by atoms with Crippen LogP contribution in [0.4, 0.5) is 0 Å². The van der Waals surface area contributed by atoms with Crippen molar-refractivity contribution in [3.8, 4) is 28.2 Å². The number of fused-ring (bicyclic) bond motifs is 7. The van der Waals surface area contributed by atoms with Gasteiger partial charge < -0.3 is 0 Å². The number of nitrogens with zero attached hydrogens (tertiary/aromatic N) is 2. The van der Waals surface area contributed by atoms with E-state index in [-0.39, 0.29) is 0 Å². The molecule has 8 rings (SSSR count). The van der Waals surface area contributed by atoms with Crippen molar-refractivity contribution in [1.29, 1.82) is 0 Å². The zero-order chi connectivity index (χ0) is 30.7. The first-order valence-electron chi connectivity index (χ1n) is 16.7. The lowest BCUT2D eigenvalue weighted by Crippen LogP contribution is -2.09. The van der Waals surface area contributed by atoms with E-state index >= 15 is 0 Å². The van der Waals surface area contributed by atoms with Crippen LogP contribution in [0.1, 0.15) is 74.6 Å². The van der Waals surface area contributed by atoms with Crippen LogP contribution in [0.2, 0.25) is 0 Å². The Hall–Kier alpha value is -4.69. The van der Waals surface area contributed by atoms with E-state index in [0.717, 1.165) is 29.7 Å².